The average molecular weight is 177 g/mol. The van der Waals surface area contributed by atoms with Crippen molar-refractivity contribution in [3.63, 3.8) is 0 Å². The third-order valence-electron chi connectivity index (χ3n) is 1.54. The SMILES string of the molecule is CCOc1ncc(NC)cc1C#N. The van der Waals surface area contributed by atoms with Crippen molar-refractivity contribution in [1.82, 2.24) is 4.98 Å². The van der Waals surface area contributed by atoms with E-state index in [4.69, 9.17) is 10.00 Å². The predicted molar refractivity (Wildman–Crippen MR) is 49.7 cm³/mol. The van der Waals surface area contributed by atoms with Crippen LogP contribution in [0, 0.1) is 11.3 Å². The van der Waals surface area contributed by atoms with Gasteiger partial charge in [0.25, 0.3) is 0 Å². The molecule has 0 bridgehead atoms. The van der Waals surface area contributed by atoms with E-state index in [1.807, 2.05) is 13.0 Å². The lowest BCUT2D eigenvalue weighted by atomic mass is 10.3. The lowest BCUT2D eigenvalue weighted by Crippen LogP contribution is -1.98. The standard InChI is InChI=1S/C9H11N3O/c1-3-13-9-7(5-10)4-8(11-2)6-12-9/h4,6,11H,3H2,1-2H3. The molecule has 1 aromatic heterocycles. The van der Waals surface area contributed by atoms with Crippen LogP contribution in [-0.2, 0) is 0 Å². The van der Waals surface area contributed by atoms with Crippen molar-refractivity contribution < 1.29 is 4.74 Å². The highest BCUT2D eigenvalue weighted by Crippen LogP contribution is 2.17. The van der Waals surface area contributed by atoms with E-state index in [-0.39, 0.29) is 0 Å². The third-order valence-corrected chi connectivity index (χ3v) is 1.54. The van der Waals surface area contributed by atoms with Crippen LogP contribution in [0.2, 0.25) is 0 Å². The van der Waals surface area contributed by atoms with Crippen molar-refractivity contribution in [2.24, 2.45) is 0 Å². The van der Waals surface area contributed by atoms with Crippen molar-refractivity contribution in [2.45, 2.75) is 6.92 Å². The summed E-state index contributed by atoms with van der Waals surface area (Å²) >= 11 is 0. The summed E-state index contributed by atoms with van der Waals surface area (Å²) in [5.74, 6) is 0.393. The Bertz CT molecular complexity index is 330. The van der Waals surface area contributed by atoms with E-state index in [1.54, 1.807) is 19.3 Å². The number of pyridine rings is 1. The smallest absolute Gasteiger partial charge is 0.231 e. The number of ether oxygens (including phenoxy) is 1. The zero-order valence-corrected chi connectivity index (χ0v) is 7.66. The fraction of sp³-hybridized carbons (Fsp3) is 0.333. The molecular weight excluding hydrogens is 166 g/mol. The quantitative estimate of drug-likeness (QED) is 0.758. The first kappa shape index (κ1) is 9.33. The first-order chi connectivity index (χ1) is 6.31. The zero-order chi connectivity index (χ0) is 9.68. The van der Waals surface area contributed by atoms with Crippen LogP contribution in [0.4, 0.5) is 5.69 Å². The van der Waals surface area contributed by atoms with Crippen molar-refractivity contribution in [3.8, 4) is 11.9 Å². The molecule has 1 heterocycles. The van der Waals surface area contributed by atoms with Crippen molar-refractivity contribution in [1.29, 1.82) is 5.26 Å². The van der Waals surface area contributed by atoms with Gasteiger partial charge in [-0.15, -0.1) is 0 Å². The number of aromatic nitrogens is 1. The van der Waals surface area contributed by atoms with Gasteiger partial charge in [-0.1, -0.05) is 0 Å². The Balaban J connectivity index is 3.02. The minimum absolute atomic E-state index is 0.393. The summed E-state index contributed by atoms with van der Waals surface area (Å²) in [5.41, 5.74) is 1.26. The number of nitriles is 1. The highest BCUT2D eigenvalue weighted by Gasteiger charge is 2.04. The van der Waals surface area contributed by atoms with E-state index < -0.39 is 0 Å². The van der Waals surface area contributed by atoms with Crippen LogP contribution >= 0.6 is 0 Å². The minimum atomic E-state index is 0.393. The Morgan fingerprint density at radius 3 is 3.00 bits per heavy atom. The Hall–Kier alpha value is -1.76. The first-order valence-corrected chi connectivity index (χ1v) is 4.02. The molecule has 1 N–H and O–H groups in total. The molecule has 4 nitrogen and oxygen atoms in total. The molecule has 0 aliphatic heterocycles. The molecule has 0 aliphatic rings. The maximum atomic E-state index is 8.77. The summed E-state index contributed by atoms with van der Waals surface area (Å²) in [6, 6.07) is 3.73. The Morgan fingerprint density at radius 2 is 2.46 bits per heavy atom. The maximum absolute atomic E-state index is 8.77. The van der Waals surface area contributed by atoms with Crippen LogP contribution in [0.5, 0.6) is 5.88 Å². The zero-order valence-electron chi connectivity index (χ0n) is 7.66. The summed E-state index contributed by atoms with van der Waals surface area (Å²) in [7, 11) is 1.78. The Kier molecular flexibility index (Phi) is 3.09. The molecule has 68 valence electrons. The summed E-state index contributed by atoms with van der Waals surface area (Å²) in [6.45, 7) is 2.37. The number of anilines is 1. The van der Waals surface area contributed by atoms with Gasteiger partial charge < -0.3 is 10.1 Å². The van der Waals surface area contributed by atoms with Gasteiger partial charge in [-0.3, -0.25) is 0 Å². The fourth-order valence-electron chi connectivity index (χ4n) is 0.921. The molecule has 0 saturated heterocycles. The Morgan fingerprint density at radius 1 is 1.69 bits per heavy atom. The number of hydrogen-bond donors (Lipinski definition) is 1. The van der Waals surface area contributed by atoms with E-state index >= 15 is 0 Å². The number of nitrogens with zero attached hydrogens (tertiary/aromatic N) is 2. The molecule has 1 rings (SSSR count). The minimum Gasteiger partial charge on any atom is -0.477 e. The molecule has 0 radical (unpaired) electrons. The van der Waals surface area contributed by atoms with Gasteiger partial charge in [0.2, 0.25) is 5.88 Å². The third kappa shape index (κ3) is 2.09. The molecule has 0 aromatic carbocycles. The Labute approximate surface area is 77.2 Å². The second-order valence-electron chi connectivity index (χ2n) is 2.37. The second-order valence-corrected chi connectivity index (χ2v) is 2.37. The molecule has 13 heavy (non-hydrogen) atoms. The van der Waals surface area contributed by atoms with Gasteiger partial charge >= 0.3 is 0 Å². The average Bonchev–Trinajstić information content (AvgIpc) is 2.19. The van der Waals surface area contributed by atoms with Crippen LogP contribution in [0.3, 0.4) is 0 Å². The highest BCUT2D eigenvalue weighted by atomic mass is 16.5. The van der Waals surface area contributed by atoms with E-state index in [1.165, 1.54) is 0 Å². The molecule has 0 unspecified atom stereocenters. The van der Waals surface area contributed by atoms with Gasteiger partial charge in [0.1, 0.15) is 11.6 Å². The summed E-state index contributed by atoms with van der Waals surface area (Å²) in [4.78, 5) is 4.00. The normalized spacial score (nSPS) is 9.00. The molecule has 0 aliphatic carbocycles. The van der Waals surface area contributed by atoms with E-state index in [9.17, 15) is 0 Å². The molecule has 0 spiro atoms. The molecule has 4 heteroatoms. The highest BCUT2D eigenvalue weighted by molar-refractivity contribution is 5.50. The summed E-state index contributed by atoms with van der Waals surface area (Å²) in [6.07, 6.45) is 1.63. The number of nitrogens with one attached hydrogen (secondary N) is 1. The van der Waals surface area contributed by atoms with Crippen LogP contribution in [0.25, 0.3) is 0 Å². The lowest BCUT2D eigenvalue weighted by molar-refractivity contribution is 0.326. The van der Waals surface area contributed by atoms with E-state index in [0.717, 1.165) is 5.69 Å². The second kappa shape index (κ2) is 4.31. The van der Waals surface area contributed by atoms with Gasteiger partial charge in [-0.05, 0) is 13.0 Å². The van der Waals surface area contributed by atoms with Crippen LogP contribution in [0.15, 0.2) is 12.3 Å². The van der Waals surface area contributed by atoms with Gasteiger partial charge in [0.05, 0.1) is 18.5 Å². The monoisotopic (exact) mass is 177 g/mol. The summed E-state index contributed by atoms with van der Waals surface area (Å²) < 4.78 is 5.17. The molecule has 0 fully saturated rings. The topological polar surface area (TPSA) is 57.9 Å². The number of hydrogen-bond acceptors (Lipinski definition) is 4. The van der Waals surface area contributed by atoms with E-state index in [2.05, 4.69) is 10.3 Å². The largest absolute Gasteiger partial charge is 0.477 e. The van der Waals surface area contributed by atoms with Crippen LogP contribution < -0.4 is 10.1 Å². The molecule has 0 saturated carbocycles. The maximum Gasteiger partial charge on any atom is 0.231 e. The molecule has 0 atom stereocenters. The predicted octanol–water partition coefficient (Wildman–Crippen LogP) is 1.39. The first-order valence-electron chi connectivity index (χ1n) is 4.02. The van der Waals surface area contributed by atoms with Crippen LogP contribution in [0.1, 0.15) is 12.5 Å². The van der Waals surface area contributed by atoms with Gasteiger partial charge in [-0.2, -0.15) is 5.26 Å². The van der Waals surface area contributed by atoms with Gasteiger partial charge in [0.15, 0.2) is 0 Å². The number of rotatable bonds is 3. The van der Waals surface area contributed by atoms with Gasteiger partial charge in [-0.25, -0.2) is 4.98 Å². The summed E-state index contributed by atoms with van der Waals surface area (Å²) in [5, 5.41) is 11.7. The lowest BCUT2D eigenvalue weighted by Gasteiger charge is -2.05. The molecule has 0 amide bonds. The molecular formula is C9H11N3O. The van der Waals surface area contributed by atoms with Crippen molar-refractivity contribution in [3.05, 3.63) is 17.8 Å². The van der Waals surface area contributed by atoms with Crippen molar-refractivity contribution >= 4 is 5.69 Å². The van der Waals surface area contributed by atoms with Crippen molar-refractivity contribution in [2.75, 3.05) is 19.0 Å². The molecule has 1 aromatic rings. The van der Waals surface area contributed by atoms with E-state index in [0.29, 0.717) is 18.1 Å². The van der Waals surface area contributed by atoms with Crippen LogP contribution in [-0.4, -0.2) is 18.6 Å². The fourth-order valence-corrected chi connectivity index (χ4v) is 0.921. The van der Waals surface area contributed by atoms with Gasteiger partial charge in [0, 0.05) is 7.05 Å².